The molecule has 45 heavy (non-hydrogen) atoms. The number of alkyl carbamates (subject to hydrolysis) is 1. The average molecular weight is 630 g/mol. The fourth-order valence-corrected chi connectivity index (χ4v) is 5.77. The summed E-state index contributed by atoms with van der Waals surface area (Å²) in [4.78, 5) is 74.1. The van der Waals surface area contributed by atoms with Gasteiger partial charge in [0.05, 0.1) is 32.1 Å². The minimum absolute atomic E-state index is 0.0147. The van der Waals surface area contributed by atoms with Crippen LogP contribution in [0.3, 0.4) is 0 Å². The SMILES string of the molecule is CCC[C@H](NC(=O)[C@@H]1C[C@]2(C=C(c3ccco3)NO2)CN1C(=O)[C@@H](NC(=O)O[C@H]1CCOC1)C(C)(C)C)C(=O)C(=O)NC1CC1. The molecule has 0 bridgehead atoms. The summed E-state index contributed by atoms with van der Waals surface area (Å²) in [7, 11) is 0. The number of hydroxylamine groups is 1. The van der Waals surface area contributed by atoms with Gasteiger partial charge in [0.25, 0.3) is 5.91 Å². The van der Waals surface area contributed by atoms with Crippen molar-refractivity contribution >= 4 is 35.3 Å². The van der Waals surface area contributed by atoms with E-state index in [0.29, 0.717) is 30.9 Å². The molecule has 4 N–H and O–H groups in total. The standard InChI is InChI=1S/C31H43N5O9/c1-5-7-20(24(37)27(39)32-18-9-10-18)33-26(38)22-15-31(14-21(35-45-31)23-8-6-12-43-23)17-36(22)28(40)25(30(2,3)4)34-29(41)44-19-11-13-42-16-19/h6,8,12,14,18-20,22,25,35H,5,7,9-11,13,15-17H2,1-4H3,(H,32,39)(H,33,38)(H,34,41)/t19-,20-,22-,25+,31+/m0/s1. The van der Waals surface area contributed by atoms with Crippen LogP contribution in [0.1, 0.15) is 72.0 Å². The first kappa shape index (κ1) is 32.5. The number of Topliss-reactive ketones (excluding diaryl/α,β-unsaturated/α-hetero) is 1. The van der Waals surface area contributed by atoms with Crippen molar-refractivity contribution in [3.63, 3.8) is 0 Å². The van der Waals surface area contributed by atoms with Crippen molar-refractivity contribution in [1.82, 2.24) is 26.3 Å². The van der Waals surface area contributed by atoms with Crippen LogP contribution in [0.5, 0.6) is 0 Å². The first-order chi connectivity index (χ1) is 21.4. The molecule has 0 radical (unpaired) electrons. The molecule has 1 saturated carbocycles. The number of likely N-dealkylation sites (tertiary alicyclic amines) is 1. The molecule has 1 aromatic heterocycles. The summed E-state index contributed by atoms with van der Waals surface area (Å²) >= 11 is 0. The molecule has 5 atom stereocenters. The quantitative estimate of drug-likeness (QED) is 0.263. The van der Waals surface area contributed by atoms with Gasteiger partial charge in [0.2, 0.25) is 17.6 Å². The van der Waals surface area contributed by atoms with Crippen LogP contribution in [-0.2, 0) is 33.5 Å². The minimum atomic E-state index is -1.11. The Balaban J connectivity index is 1.39. The van der Waals surface area contributed by atoms with E-state index in [1.54, 1.807) is 39.0 Å². The van der Waals surface area contributed by atoms with Gasteiger partial charge in [0.15, 0.2) is 5.76 Å². The summed E-state index contributed by atoms with van der Waals surface area (Å²) in [5, 5.41) is 8.15. The third-order valence-corrected chi connectivity index (χ3v) is 8.38. The highest BCUT2D eigenvalue weighted by atomic mass is 16.7. The van der Waals surface area contributed by atoms with Crippen molar-refractivity contribution in [1.29, 1.82) is 0 Å². The van der Waals surface area contributed by atoms with Crippen LogP contribution in [0, 0.1) is 5.41 Å². The zero-order valence-electron chi connectivity index (χ0n) is 26.2. The van der Waals surface area contributed by atoms with E-state index in [-0.39, 0.29) is 32.0 Å². The van der Waals surface area contributed by atoms with Crippen molar-refractivity contribution in [2.24, 2.45) is 5.41 Å². The zero-order chi connectivity index (χ0) is 32.4. The number of hydrogen-bond donors (Lipinski definition) is 4. The van der Waals surface area contributed by atoms with Gasteiger partial charge in [-0.25, -0.2) is 4.79 Å². The zero-order valence-corrected chi connectivity index (χ0v) is 26.2. The van der Waals surface area contributed by atoms with Crippen molar-refractivity contribution in [2.75, 3.05) is 19.8 Å². The highest BCUT2D eigenvalue weighted by Crippen LogP contribution is 2.39. The topological polar surface area (TPSA) is 178 Å². The molecule has 1 aromatic rings. The van der Waals surface area contributed by atoms with E-state index >= 15 is 0 Å². The van der Waals surface area contributed by atoms with Crippen LogP contribution in [0.25, 0.3) is 5.70 Å². The van der Waals surface area contributed by atoms with Crippen molar-refractivity contribution in [2.45, 2.75) is 102 Å². The van der Waals surface area contributed by atoms with Gasteiger partial charge in [0, 0.05) is 18.9 Å². The lowest BCUT2D eigenvalue weighted by atomic mass is 9.85. The monoisotopic (exact) mass is 629 g/mol. The smallest absolute Gasteiger partial charge is 0.408 e. The molecule has 5 rings (SSSR count). The van der Waals surface area contributed by atoms with Gasteiger partial charge < -0.3 is 34.7 Å². The summed E-state index contributed by atoms with van der Waals surface area (Å²) in [5.74, 6) is -2.07. The number of carbonyl (C=O) groups is 5. The largest absolute Gasteiger partial charge is 0.463 e. The Kier molecular flexibility index (Phi) is 9.54. The summed E-state index contributed by atoms with van der Waals surface area (Å²) in [5.41, 5.74) is 1.50. The maximum absolute atomic E-state index is 14.3. The Morgan fingerprint density at radius 2 is 1.93 bits per heavy atom. The fraction of sp³-hybridized carbons (Fsp3) is 0.645. The lowest BCUT2D eigenvalue weighted by Gasteiger charge is -2.35. The first-order valence-corrected chi connectivity index (χ1v) is 15.6. The van der Waals surface area contributed by atoms with Crippen LogP contribution in [0.15, 0.2) is 28.9 Å². The number of furan rings is 1. The Bertz CT molecular complexity index is 1310. The summed E-state index contributed by atoms with van der Waals surface area (Å²) in [6.07, 6.45) is 5.14. The van der Waals surface area contributed by atoms with E-state index in [2.05, 4.69) is 21.4 Å². The molecule has 3 fully saturated rings. The minimum Gasteiger partial charge on any atom is -0.463 e. The number of nitrogens with one attached hydrogen (secondary N) is 4. The molecule has 4 heterocycles. The van der Waals surface area contributed by atoms with Crippen molar-refractivity contribution < 1.29 is 42.7 Å². The molecule has 4 aliphatic rings. The molecule has 1 spiro atoms. The van der Waals surface area contributed by atoms with Crippen LogP contribution >= 0.6 is 0 Å². The molecule has 3 aliphatic heterocycles. The molecule has 14 heteroatoms. The van der Waals surface area contributed by atoms with E-state index in [9.17, 15) is 24.0 Å². The Morgan fingerprint density at radius 3 is 2.56 bits per heavy atom. The molecule has 4 amide bonds. The van der Waals surface area contributed by atoms with Crippen LogP contribution < -0.4 is 21.4 Å². The number of nitrogens with zero attached hydrogens (tertiary/aromatic N) is 1. The Labute approximate surface area is 261 Å². The van der Waals surface area contributed by atoms with Gasteiger partial charge >= 0.3 is 6.09 Å². The molecule has 2 saturated heterocycles. The number of carbonyl (C=O) groups excluding carboxylic acids is 5. The fourth-order valence-electron chi connectivity index (χ4n) is 5.77. The second kappa shape index (κ2) is 13.2. The Morgan fingerprint density at radius 1 is 1.16 bits per heavy atom. The van der Waals surface area contributed by atoms with Gasteiger partial charge in [0.1, 0.15) is 29.5 Å². The number of ether oxygens (including phenoxy) is 2. The first-order valence-electron chi connectivity index (χ1n) is 15.6. The number of ketones is 1. The predicted molar refractivity (Wildman–Crippen MR) is 159 cm³/mol. The van der Waals surface area contributed by atoms with E-state index in [1.165, 1.54) is 11.2 Å². The summed E-state index contributed by atoms with van der Waals surface area (Å²) < 4.78 is 16.3. The van der Waals surface area contributed by atoms with Crippen LogP contribution in [0.2, 0.25) is 0 Å². The highest BCUT2D eigenvalue weighted by molar-refractivity contribution is 6.38. The second-order valence-electron chi connectivity index (χ2n) is 13.3. The lowest BCUT2D eigenvalue weighted by molar-refractivity contribution is -0.144. The maximum Gasteiger partial charge on any atom is 0.408 e. The molecule has 0 unspecified atom stereocenters. The number of amides is 4. The molecule has 1 aliphatic carbocycles. The molecule has 14 nitrogen and oxygen atoms in total. The van der Waals surface area contributed by atoms with Gasteiger partial charge in [-0.15, -0.1) is 0 Å². The van der Waals surface area contributed by atoms with Gasteiger partial charge in [-0.2, -0.15) is 0 Å². The second-order valence-corrected chi connectivity index (χ2v) is 13.3. The maximum atomic E-state index is 14.3. The number of hydrogen-bond acceptors (Lipinski definition) is 10. The molecule has 246 valence electrons. The third-order valence-electron chi connectivity index (χ3n) is 8.38. The Hall–Kier alpha value is -3.91. The third kappa shape index (κ3) is 7.67. The average Bonchev–Trinajstić information content (AvgIpc) is 3.46. The highest BCUT2D eigenvalue weighted by Gasteiger charge is 2.54. The molecule has 0 aromatic carbocycles. The van der Waals surface area contributed by atoms with Crippen LogP contribution in [-0.4, -0.2) is 90.1 Å². The molecular weight excluding hydrogens is 586 g/mol. The van der Waals surface area contributed by atoms with E-state index < -0.39 is 64.8 Å². The normalized spacial score (nSPS) is 25.7. The lowest BCUT2D eigenvalue weighted by Crippen LogP contribution is -2.59. The summed E-state index contributed by atoms with van der Waals surface area (Å²) in [6, 6.07) is 0.238. The number of rotatable bonds is 11. The van der Waals surface area contributed by atoms with Gasteiger partial charge in [-0.05, 0) is 42.9 Å². The van der Waals surface area contributed by atoms with Crippen LogP contribution in [0.4, 0.5) is 4.79 Å². The van der Waals surface area contributed by atoms with Crippen molar-refractivity contribution in [3.05, 3.63) is 30.2 Å². The van der Waals surface area contributed by atoms with Gasteiger partial charge in [-0.3, -0.25) is 29.5 Å². The molecular formula is C31H43N5O9. The summed E-state index contributed by atoms with van der Waals surface area (Å²) in [6.45, 7) is 7.97. The predicted octanol–water partition coefficient (Wildman–Crippen LogP) is 1.56. The van der Waals surface area contributed by atoms with E-state index in [4.69, 9.17) is 18.7 Å². The van der Waals surface area contributed by atoms with Crippen molar-refractivity contribution in [3.8, 4) is 0 Å². The van der Waals surface area contributed by atoms with Gasteiger partial charge in [-0.1, -0.05) is 34.1 Å². The van der Waals surface area contributed by atoms with E-state index in [1.807, 2.05) is 6.92 Å². The van der Waals surface area contributed by atoms with E-state index in [0.717, 1.165) is 12.8 Å².